The van der Waals surface area contributed by atoms with Crippen LogP contribution in [0.2, 0.25) is 5.02 Å². The van der Waals surface area contributed by atoms with E-state index in [4.69, 9.17) is 21.3 Å². The molecule has 0 radical (unpaired) electrons. The van der Waals surface area contributed by atoms with Gasteiger partial charge in [-0.3, -0.25) is 4.79 Å². The molecule has 0 fully saturated rings. The maximum Gasteiger partial charge on any atom is 0.243 e. The van der Waals surface area contributed by atoms with Gasteiger partial charge in [0.1, 0.15) is 5.75 Å². The number of rotatable bonds is 17. The van der Waals surface area contributed by atoms with E-state index in [1.807, 2.05) is 60.7 Å². The zero-order valence-corrected chi connectivity index (χ0v) is 27.2. The van der Waals surface area contributed by atoms with Gasteiger partial charge in [0.2, 0.25) is 5.91 Å². The van der Waals surface area contributed by atoms with E-state index >= 15 is 0 Å². The summed E-state index contributed by atoms with van der Waals surface area (Å²) in [6.07, 6.45) is 7.32. The molecule has 1 unspecified atom stereocenters. The van der Waals surface area contributed by atoms with Gasteiger partial charge in [0, 0.05) is 47.1 Å². The number of benzene rings is 3. The monoisotopic (exact) mass is 615 g/mol. The van der Waals surface area contributed by atoms with Crippen LogP contribution >= 0.6 is 11.6 Å². The average Bonchev–Trinajstić information content (AvgIpc) is 3.04. The number of halogens is 1. The van der Waals surface area contributed by atoms with Crippen molar-refractivity contribution >= 4 is 56.8 Å². The average molecular weight is 616 g/mol. The summed E-state index contributed by atoms with van der Waals surface area (Å²) in [6, 6.07) is 20.0. The Labute approximate surface area is 267 Å². The minimum atomic E-state index is -0.0855. The first-order valence-corrected chi connectivity index (χ1v) is 16.1. The van der Waals surface area contributed by atoms with Crippen LogP contribution in [0.5, 0.6) is 5.75 Å². The lowest BCUT2D eigenvalue weighted by Gasteiger charge is -2.22. The molecule has 0 saturated heterocycles. The third kappa shape index (κ3) is 9.34. The summed E-state index contributed by atoms with van der Waals surface area (Å²) < 4.78 is 5.72. The Kier molecular flexibility index (Phi) is 12.7. The second-order valence-corrected chi connectivity index (χ2v) is 11.5. The second kappa shape index (κ2) is 16.9. The number of carbonyl (C=O) groups excluding carboxylic acids is 1. The number of unbranched alkanes of at least 4 members (excludes halogenated alkanes) is 1. The molecule has 1 atom stereocenters. The van der Waals surface area contributed by atoms with Crippen molar-refractivity contribution in [1.29, 1.82) is 0 Å². The summed E-state index contributed by atoms with van der Waals surface area (Å²) in [5.74, 6) is 0.683. The van der Waals surface area contributed by atoms with Gasteiger partial charge < -0.3 is 25.6 Å². The predicted octanol–water partition coefficient (Wildman–Crippen LogP) is 7.99. The van der Waals surface area contributed by atoms with Gasteiger partial charge in [-0.05, 0) is 88.1 Å². The molecule has 0 bridgehead atoms. The van der Waals surface area contributed by atoms with Crippen LogP contribution in [-0.2, 0) is 4.79 Å². The van der Waals surface area contributed by atoms with E-state index in [1.54, 1.807) is 13.2 Å². The summed E-state index contributed by atoms with van der Waals surface area (Å²) >= 11 is 6.41. The molecule has 1 amide bonds. The Balaban J connectivity index is 1.45. The highest BCUT2D eigenvalue weighted by Crippen LogP contribution is 2.38. The van der Waals surface area contributed by atoms with Crippen molar-refractivity contribution in [3.63, 3.8) is 0 Å². The Morgan fingerprint density at radius 1 is 1.00 bits per heavy atom. The van der Waals surface area contributed by atoms with Crippen molar-refractivity contribution in [2.75, 3.05) is 50.5 Å². The molecule has 0 aliphatic carbocycles. The largest absolute Gasteiger partial charge is 0.497 e. The molecular weight excluding hydrogens is 570 g/mol. The van der Waals surface area contributed by atoms with E-state index in [0.717, 1.165) is 96.4 Å². The zero-order chi connectivity index (χ0) is 31.3. The maximum absolute atomic E-state index is 12.2. The number of hydrogen-bond acceptors (Lipinski definition) is 6. The van der Waals surface area contributed by atoms with Crippen molar-refractivity contribution in [1.82, 2.24) is 15.2 Å². The smallest absolute Gasteiger partial charge is 0.243 e. The Hall–Kier alpha value is -3.81. The number of aromatic nitrogens is 1. The highest BCUT2D eigenvalue weighted by atomic mass is 35.5. The molecule has 0 saturated carbocycles. The number of ether oxygens (including phenoxy) is 1. The molecule has 234 valence electrons. The van der Waals surface area contributed by atoms with Gasteiger partial charge in [0.15, 0.2) is 0 Å². The Morgan fingerprint density at radius 3 is 2.52 bits per heavy atom. The van der Waals surface area contributed by atoms with E-state index < -0.39 is 0 Å². The topological polar surface area (TPSA) is 78.5 Å². The molecule has 4 rings (SSSR count). The number of nitrogens with one attached hydrogen (secondary N) is 3. The standard InChI is InChI=1S/C36H46ClN5O2/c1-5-42(6-2)22-12-13-26(3)40-35-30-18-17-28(37)23-32(30)41-36-31(35)24-29(44-4)25-33(36)38-20-10-11-21-39-34(43)19-16-27-14-8-7-9-15-27/h7-9,14-19,23-26,38H,5-6,10-13,20-22H2,1-4H3,(H,39,43)(H,40,41)/b19-16+. The highest BCUT2D eigenvalue weighted by molar-refractivity contribution is 6.31. The molecule has 3 aromatic carbocycles. The van der Waals surface area contributed by atoms with Crippen LogP contribution in [0, 0.1) is 0 Å². The summed E-state index contributed by atoms with van der Waals surface area (Å²) in [4.78, 5) is 19.7. The van der Waals surface area contributed by atoms with E-state index in [2.05, 4.69) is 47.7 Å². The second-order valence-electron chi connectivity index (χ2n) is 11.1. The Bertz CT molecular complexity index is 1540. The highest BCUT2D eigenvalue weighted by Gasteiger charge is 2.16. The lowest BCUT2D eigenvalue weighted by atomic mass is 10.0. The third-order valence-corrected chi connectivity index (χ3v) is 8.13. The first kappa shape index (κ1) is 33.1. The van der Waals surface area contributed by atoms with Crippen LogP contribution in [0.25, 0.3) is 27.9 Å². The van der Waals surface area contributed by atoms with Gasteiger partial charge in [-0.25, -0.2) is 4.98 Å². The van der Waals surface area contributed by atoms with Crippen molar-refractivity contribution < 1.29 is 9.53 Å². The lowest BCUT2D eigenvalue weighted by molar-refractivity contribution is -0.116. The molecule has 1 aromatic heterocycles. The molecule has 0 aliphatic heterocycles. The number of carbonyl (C=O) groups is 1. The fourth-order valence-corrected chi connectivity index (χ4v) is 5.53. The van der Waals surface area contributed by atoms with Crippen LogP contribution in [0.15, 0.2) is 66.7 Å². The number of fused-ring (bicyclic) bond motifs is 2. The van der Waals surface area contributed by atoms with Crippen molar-refractivity contribution in [2.24, 2.45) is 0 Å². The van der Waals surface area contributed by atoms with Crippen LogP contribution in [0.4, 0.5) is 11.4 Å². The van der Waals surface area contributed by atoms with Gasteiger partial charge in [-0.15, -0.1) is 0 Å². The van der Waals surface area contributed by atoms with E-state index in [9.17, 15) is 4.79 Å². The van der Waals surface area contributed by atoms with E-state index in [0.29, 0.717) is 11.6 Å². The SMILES string of the molecule is CCN(CC)CCCC(C)Nc1c2ccc(Cl)cc2nc2c(NCCCCNC(=O)/C=C/c3ccccc3)cc(OC)cc12. The van der Waals surface area contributed by atoms with Crippen LogP contribution in [-0.4, -0.2) is 61.7 Å². The summed E-state index contributed by atoms with van der Waals surface area (Å²) in [5.41, 5.74) is 4.68. The number of amides is 1. The van der Waals surface area contributed by atoms with Crippen LogP contribution < -0.4 is 20.7 Å². The summed E-state index contributed by atoms with van der Waals surface area (Å²) in [6.45, 7) is 11.3. The fourth-order valence-electron chi connectivity index (χ4n) is 5.36. The number of anilines is 2. The first-order chi connectivity index (χ1) is 21.4. The summed E-state index contributed by atoms with van der Waals surface area (Å²) in [5, 5.41) is 13.1. The van der Waals surface area contributed by atoms with Gasteiger partial charge in [-0.1, -0.05) is 55.8 Å². The van der Waals surface area contributed by atoms with Gasteiger partial charge in [0.05, 0.1) is 29.5 Å². The number of methoxy groups -OCH3 is 1. The van der Waals surface area contributed by atoms with Crippen molar-refractivity contribution in [3.05, 3.63) is 77.3 Å². The van der Waals surface area contributed by atoms with Crippen molar-refractivity contribution in [2.45, 2.75) is 52.5 Å². The molecular formula is C36H46ClN5O2. The lowest BCUT2D eigenvalue weighted by Crippen LogP contribution is -2.25. The quantitative estimate of drug-likeness (QED) is 0.0635. The van der Waals surface area contributed by atoms with Crippen molar-refractivity contribution in [3.8, 4) is 5.75 Å². The van der Waals surface area contributed by atoms with Gasteiger partial charge in [-0.2, -0.15) is 0 Å². The van der Waals surface area contributed by atoms with Crippen LogP contribution in [0.1, 0.15) is 52.0 Å². The third-order valence-electron chi connectivity index (χ3n) is 7.89. The molecule has 0 aliphatic rings. The number of hydrogen-bond donors (Lipinski definition) is 3. The Morgan fingerprint density at radius 2 is 1.77 bits per heavy atom. The van der Waals surface area contributed by atoms with Gasteiger partial charge >= 0.3 is 0 Å². The predicted molar refractivity (Wildman–Crippen MR) is 187 cm³/mol. The first-order valence-electron chi connectivity index (χ1n) is 15.8. The van der Waals surface area contributed by atoms with E-state index in [-0.39, 0.29) is 11.9 Å². The summed E-state index contributed by atoms with van der Waals surface area (Å²) in [7, 11) is 1.69. The minimum Gasteiger partial charge on any atom is -0.497 e. The molecule has 4 aromatic rings. The maximum atomic E-state index is 12.2. The molecule has 8 heteroatoms. The molecule has 44 heavy (non-hydrogen) atoms. The van der Waals surface area contributed by atoms with E-state index in [1.165, 1.54) is 0 Å². The minimum absolute atomic E-state index is 0.0855. The number of nitrogens with zero attached hydrogens (tertiary/aromatic N) is 2. The normalized spacial score (nSPS) is 12.2. The molecule has 7 nitrogen and oxygen atoms in total. The zero-order valence-electron chi connectivity index (χ0n) is 26.5. The molecule has 1 heterocycles. The molecule has 3 N–H and O–H groups in total. The molecule has 0 spiro atoms. The van der Waals surface area contributed by atoms with Crippen LogP contribution in [0.3, 0.4) is 0 Å². The van der Waals surface area contributed by atoms with Gasteiger partial charge in [0.25, 0.3) is 0 Å². The number of pyridine rings is 1. The fraction of sp³-hybridized carbons (Fsp3) is 0.389.